The van der Waals surface area contributed by atoms with Crippen molar-refractivity contribution in [2.75, 3.05) is 6.54 Å². The van der Waals surface area contributed by atoms with Gasteiger partial charge in [0.15, 0.2) is 0 Å². The fourth-order valence-corrected chi connectivity index (χ4v) is 1.78. The normalized spacial score (nSPS) is 27.4. The number of hydrogen-bond acceptors (Lipinski definition) is 3. The van der Waals surface area contributed by atoms with Crippen molar-refractivity contribution in [3.8, 4) is 0 Å². The van der Waals surface area contributed by atoms with Crippen LogP contribution in [0.4, 0.5) is 0 Å². The SMILES string of the molecule is CC1(NCC2(CC(N)=NO)CC2)CC1. The molecule has 2 fully saturated rings. The van der Waals surface area contributed by atoms with Crippen LogP contribution in [0.25, 0.3) is 0 Å². The second-order valence-corrected chi connectivity index (χ2v) is 5.18. The lowest BCUT2D eigenvalue weighted by atomic mass is 10.0. The third kappa shape index (κ3) is 2.18. The zero-order chi connectivity index (χ0) is 10.2. The van der Waals surface area contributed by atoms with E-state index in [9.17, 15) is 0 Å². The average Bonchev–Trinajstić information content (AvgIpc) is 3.04. The number of nitrogens with zero attached hydrogens (tertiary/aromatic N) is 1. The summed E-state index contributed by atoms with van der Waals surface area (Å²) in [6.45, 7) is 3.27. The molecule has 0 aromatic carbocycles. The van der Waals surface area contributed by atoms with Crippen molar-refractivity contribution in [3.63, 3.8) is 0 Å². The van der Waals surface area contributed by atoms with E-state index in [1.54, 1.807) is 0 Å². The Morgan fingerprint density at radius 2 is 2.07 bits per heavy atom. The summed E-state index contributed by atoms with van der Waals surface area (Å²) < 4.78 is 0. The Morgan fingerprint density at radius 3 is 2.50 bits per heavy atom. The molecule has 4 N–H and O–H groups in total. The minimum Gasteiger partial charge on any atom is -0.409 e. The third-order valence-corrected chi connectivity index (χ3v) is 3.53. The minimum atomic E-state index is 0.294. The lowest BCUT2D eigenvalue weighted by Gasteiger charge is -2.18. The number of oxime groups is 1. The van der Waals surface area contributed by atoms with Crippen LogP contribution in [-0.4, -0.2) is 23.1 Å². The minimum absolute atomic E-state index is 0.294. The number of nitrogens with one attached hydrogen (secondary N) is 1. The maximum atomic E-state index is 8.51. The maximum Gasteiger partial charge on any atom is 0.139 e. The van der Waals surface area contributed by atoms with Gasteiger partial charge in [-0.15, -0.1) is 0 Å². The van der Waals surface area contributed by atoms with E-state index in [0.717, 1.165) is 13.0 Å². The fourth-order valence-electron chi connectivity index (χ4n) is 1.78. The highest BCUT2D eigenvalue weighted by Gasteiger charge is 2.46. The first kappa shape index (κ1) is 9.77. The van der Waals surface area contributed by atoms with E-state index in [0.29, 0.717) is 16.8 Å². The largest absolute Gasteiger partial charge is 0.409 e. The zero-order valence-electron chi connectivity index (χ0n) is 8.71. The molecule has 0 aromatic heterocycles. The average molecular weight is 197 g/mol. The molecule has 0 heterocycles. The lowest BCUT2D eigenvalue weighted by Crippen LogP contribution is -2.35. The number of hydrogen-bond donors (Lipinski definition) is 3. The van der Waals surface area contributed by atoms with Crippen LogP contribution in [0.5, 0.6) is 0 Å². The van der Waals surface area contributed by atoms with Crippen molar-refractivity contribution in [1.29, 1.82) is 0 Å². The van der Waals surface area contributed by atoms with E-state index in [-0.39, 0.29) is 0 Å². The van der Waals surface area contributed by atoms with Crippen LogP contribution in [0.1, 0.15) is 39.0 Å². The van der Waals surface area contributed by atoms with E-state index in [4.69, 9.17) is 10.9 Å². The second-order valence-electron chi connectivity index (χ2n) is 5.18. The standard InChI is InChI=1S/C10H19N3O/c1-9(2-3-9)12-7-10(4-5-10)6-8(11)13-14/h12,14H,2-7H2,1H3,(H2,11,13). The van der Waals surface area contributed by atoms with Crippen molar-refractivity contribution in [3.05, 3.63) is 0 Å². The quantitative estimate of drug-likeness (QED) is 0.267. The molecular formula is C10H19N3O. The van der Waals surface area contributed by atoms with Crippen LogP contribution >= 0.6 is 0 Å². The molecule has 0 amide bonds. The highest BCUT2D eigenvalue weighted by atomic mass is 16.4. The molecule has 2 aliphatic rings. The third-order valence-electron chi connectivity index (χ3n) is 3.53. The zero-order valence-corrected chi connectivity index (χ0v) is 8.71. The highest BCUT2D eigenvalue weighted by molar-refractivity contribution is 5.80. The lowest BCUT2D eigenvalue weighted by molar-refractivity contribution is 0.313. The molecule has 14 heavy (non-hydrogen) atoms. The van der Waals surface area contributed by atoms with Gasteiger partial charge in [0.05, 0.1) is 0 Å². The van der Waals surface area contributed by atoms with Crippen LogP contribution in [-0.2, 0) is 0 Å². The highest BCUT2D eigenvalue weighted by Crippen LogP contribution is 2.49. The van der Waals surface area contributed by atoms with Crippen LogP contribution < -0.4 is 11.1 Å². The van der Waals surface area contributed by atoms with Gasteiger partial charge >= 0.3 is 0 Å². The number of nitrogens with two attached hydrogens (primary N) is 1. The van der Waals surface area contributed by atoms with Gasteiger partial charge < -0.3 is 16.3 Å². The molecule has 0 saturated heterocycles. The molecule has 0 atom stereocenters. The number of amidine groups is 1. The summed E-state index contributed by atoms with van der Waals surface area (Å²) in [6, 6.07) is 0. The predicted molar refractivity (Wildman–Crippen MR) is 55.3 cm³/mol. The van der Waals surface area contributed by atoms with Crippen molar-refractivity contribution in [1.82, 2.24) is 5.32 Å². The Hall–Kier alpha value is -0.770. The Morgan fingerprint density at radius 1 is 1.43 bits per heavy atom. The molecule has 4 nitrogen and oxygen atoms in total. The molecule has 0 unspecified atom stereocenters. The Labute approximate surface area is 84.5 Å². The topological polar surface area (TPSA) is 70.6 Å². The van der Waals surface area contributed by atoms with Gasteiger partial charge in [-0.3, -0.25) is 0 Å². The van der Waals surface area contributed by atoms with Crippen LogP contribution in [0, 0.1) is 5.41 Å². The summed E-state index contributed by atoms with van der Waals surface area (Å²) in [5.41, 5.74) is 6.21. The Bertz CT molecular complexity index is 254. The van der Waals surface area contributed by atoms with Gasteiger partial charge in [-0.2, -0.15) is 0 Å². The fraction of sp³-hybridized carbons (Fsp3) is 0.900. The smallest absolute Gasteiger partial charge is 0.139 e. The van der Waals surface area contributed by atoms with Gasteiger partial charge in [0.2, 0.25) is 0 Å². The second kappa shape index (κ2) is 3.12. The van der Waals surface area contributed by atoms with Crippen molar-refractivity contribution in [2.24, 2.45) is 16.3 Å². The maximum absolute atomic E-state index is 8.51. The molecular weight excluding hydrogens is 178 g/mol. The van der Waals surface area contributed by atoms with Crippen LogP contribution in [0.2, 0.25) is 0 Å². The van der Waals surface area contributed by atoms with Crippen molar-refractivity contribution < 1.29 is 5.21 Å². The molecule has 2 aliphatic carbocycles. The summed E-state index contributed by atoms with van der Waals surface area (Å²) in [5, 5.41) is 15.1. The summed E-state index contributed by atoms with van der Waals surface area (Å²) in [5.74, 6) is 0.366. The first-order chi connectivity index (χ1) is 6.58. The molecule has 2 rings (SSSR count). The summed E-state index contributed by atoms with van der Waals surface area (Å²) in [7, 11) is 0. The van der Waals surface area contributed by atoms with Crippen LogP contribution in [0.15, 0.2) is 5.16 Å². The van der Waals surface area contributed by atoms with E-state index in [2.05, 4.69) is 17.4 Å². The van der Waals surface area contributed by atoms with Crippen molar-refractivity contribution in [2.45, 2.75) is 44.6 Å². The predicted octanol–water partition coefficient (Wildman–Crippen LogP) is 1.05. The van der Waals surface area contributed by atoms with E-state index >= 15 is 0 Å². The van der Waals surface area contributed by atoms with Gasteiger partial charge in [0, 0.05) is 18.5 Å². The van der Waals surface area contributed by atoms with Crippen LogP contribution in [0.3, 0.4) is 0 Å². The van der Waals surface area contributed by atoms with E-state index < -0.39 is 0 Å². The van der Waals surface area contributed by atoms with Gasteiger partial charge in [-0.05, 0) is 38.0 Å². The Balaban J connectivity index is 1.78. The van der Waals surface area contributed by atoms with Crippen molar-refractivity contribution >= 4 is 5.84 Å². The van der Waals surface area contributed by atoms with Gasteiger partial charge in [-0.1, -0.05) is 5.16 Å². The summed E-state index contributed by atoms with van der Waals surface area (Å²) >= 11 is 0. The first-order valence-corrected chi connectivity index (χ1v) is 5.29. The molecule has 0 bridgehead atoms. The molecule has 0 radical (unpaired) electrons. The monoisotopic (exact) mass is 197 g/mol. The van der Waals surface area contributed by atoms with E-state index in [1.165, 1.54) is 25.7 Å². The van der Waals surface area contributed by atoms with Gasteiger partial charge in [-0.25, -0.2) is 0 Å². The molecule has 4 heteroatoms. The molecule has 80 valence electrons. The summed E-state index contributed by atoms with van der Waals surface area (Å²) in [4.78, 5) is 0. The molecule has 0 spiro atoms. The van der Waals surface area contributed by atoms with Gasteiger partial charge in [0.1, 0.15) is 5.84 Å². The Kier molecular flexibility index (Phi) is 2.18. The van der Waals surface area contributed by atoms with Gasteiger partial charge in [0.25, 0.3) is 0 Å². The number of rotatable bonds is 5. The van der Waals surface area contributed by atoms with E-state index in [1.807, 2.05) is 0 Å². The first-order valence-electron chi connectivity index (χ1n) is 5.29. The summed E-state index contributed by atoms with van der Waals surface area (Å²) in [6.07, 6.45) is 5.70. The molecule has 0 aromatic rings. The molecule has 0 aliphatic heterocycles. The molecule has 2 saturated carbocycles.